The number of rotatable bonds is 8. The standard InChI is InChI=1S/C12H27N3O/c1-14(2)11-12-5-4-8-15(12)9-6-13-7-10-16-3/h12-13H,4-11H2,1-3H3. The molecule has 4 heteroatoms. The van der Waals surface area contributed by atoms with E-state index in [2.05, 4.69) is 29.2 Å². The molecule has 0 bridgehead atoms. The Hall–Kier alpha value is -0.160. The molecule has 16 heavy (non-hydrogen) atoms. The fourth-order valence-corrected chi connectivity index (χ4v) is 2.34. The fourth-order valence-electron chi connectivity index (χ4n) is 2.34. The first-order valence-electron chi connectivity index (χ1n) is 6.32. The van der Waals surface area contributed by atoms with Crippen molar-refractivity contribution in [2.45, 2.75) is 18.9 Å². The third-order valence-corrected chi connectivity index (χ3v) is 3.13. The van der Waals surface area contributed by atoms with Crippen LogP contribution in [0, 0.1) is 0 Å². The number of ether oxygens (including phenoxy) is 1. The Balaban J connectivity index is 2.10. The quantitative estimate of drug-likeness (QED) is 0.604. The van der Waals surface area contributed by atoms with Crippen molar-refractivity contribution in [3.05, 3.63) is 0 Å². The third-order valence-electron chi connectivity index (χ3n) is 3.13. The molecule has 1 aliphatic heterocycles. The topological polar surface area (TPSA) is 27.7 Å². The van der Waals surface area contributed by atoms with E-state index in [0.29, 0.717) is 0 Å². The largest absolute Gasteiger partial charge is 0.383 e. The minimum atomic E-state index is 0.763. The second kappa shape index (κ2) is 8.01. The van der Waals surface area contributed by atoms with Gasteiger partial charge in [-0.15, -0.1) is 0 Å². The Bertz CT molecular complexity index is 176. The second-order valence-corrected chi connectivity index (χ2v) is 4.84. The van der Waals surface area contributed by atoms with Crippen molar-refractivity contribution < 1.29 is 4.74 Å². The zero-order valence-electron chi connectivity index (χ0n) is 11.0. The van der Waals surface area contributed by atoms with Crippen LogP contribution in [0.1, 0.15) is 12.8 Å². The van der Waals surface area contributed by atoms with Gasteiger partial charge in [-0.05, 0) is 33.5 Å². The van der Waals surface area contributed by atoms with Crippen LogP contribution < -0.4 is 5.32 Å². The molecule has 0 saturated carbocycles. The first-order valence-corrected chi connectivity index (χ1v) is 6.32. The van der Waals surface area contributed by atoms with Gasteiger partial charge in [0.15, 0.2) is 0 Å². The molecule has 1 fully saturated rings. The van der Waals surface area contributed by atoms with Crippen molar-refractivity contribution in [2.24, 2.45) is 0 Å². The highest BCUT2D eigenvalue weighted by Gasteiger charge is 2.23. The molecule has 0 aromatic carbocycles. The van der Waals surface area contributed by atoms with Crippen LogP contribution in [-0.2, 0) is 4.74 Å². The van der Waals surface area contributed by atoms with E-state index >= 15 is 0 Å². The highest BCUT2D eigenvalue weighted by molar-refractivity contribution is 4.81. The van der Waals surface area contributed by atoms with Gasteiger partial charge in [0.05, 0.1) is 6.61 Å². The molecular formula is C12H27N3O. The Morgan fingerprint density at radius 3 is 2.88 bits per heavy atom. The van der Waals surface area contributed by atoms with Gasteiger partial charge in [0.2, 0.25) is 0 Å². The minimum absolute atomic E-state index is 0.763. The number of likely N-dealkylation sites (tertiary alicyclic amines) is 1. The van der Waals surface area contributed by atoms with Gasteiger partial charge in [-0.25, -0.2) is 0 Å². The highest BCUT2D eigenvalue weighted by Crippen LogP contribution is 2.16. The van der Waals surface area contributed by atoms with E-state index in [1.54, 1.807) is 7.11 Å². The molecule has 1 aliphatic rings. The lowest BCUT2D eigenvalue weighted by atomic mass is 10.2. The monoisotopic (exact) mass is 229 g/mol. The Morgan fingerprint density at radius 2 is 2.19 bits per heavy atom. The fraction of sp³-hybridized carbons (Fsp3) is 1.00. The molecule has 0 aliphatic carbocycles. The van der Waals surface area contributed by atoms with Gasteiger partial charge in [-0.2, -0.15) is 0 Å². The maximum absolute atomic E-state index is 5.00. The number of nitrogens with zero attached hydrogens (tertiary/aromatic N) is 2. The van der Waals surface area contributed by atoms with Crippen LogP contribution >= 0.6 is 0 Å². The molecule has 0 aromatic rings. The van der Waals surface area contributed by atoms with Crippen LogP contribution in [0.15, 0.2) is 0 Å². The normalized spacial score (nSPS) is 22.1. The predicted octanol–water partition coefficient (Wildman–Crippen LogP) is 0.248. The van der Waals surface area contributed by atoms with Crippen molar-refractivity contribution in [2.75, 3.05) is 60.5 Å². The average molecular weight is 229 g/mol. The summed E-state index contributed by atoms with van der Waals surface area (Å²) >= 11 is 0. The van der Waals surface area contributed by atoms with Gasteiger partial charge in [-0.3, -0.25) is 4.90 Å². The minimum Gasteiger partial charge on any atom is -0.383 e. The summed E-state index contributed by atoms with van der Waals surface area (Å²) in [6.07, 6.45) is 2.72. The summed E-state index contributed by atoms with van der Waals surface area (Å²) in [4.78, 5) is 4.90. The molecule has 0 radical (unpaired) electrons. The van der Waals surface area contributed by atoms with Crippen molar-refractivity contribution in [3.8, 4) is 0 Å². The number of hydrogen-bond acceptors (Lipinski definition) is 4. The van der Waals surface area contributed by atoms with Crippen molar-refractivity contribution >= 4 is 0 Å². The molecular weight excluding hydrogens is 202 g/mol. The number of methoxy groups -OCH3 is 1. The molecule has 0 amide bonds. The molecule has 0 aromatic heterocycles. The van der Waals surface area contributed by atoms with Crippen LogP contribution in [0.4, 0.5) is 0 Å². The van der Waals surface area contributed by atoms with E-state index < -0.39 is 0 Å². The summed E-state index contributed by atoms with van der Waals surface area (Å²) in [6.45, 7) is 6.47. The second-order valence-electron chi connectivity index (χ2n) is 4.84. The Kier molecular flexibility index (Phi) is 6.96. The van der Waals surface area contributed by atoms with Crippen LogP contribution in [0.25, 0.3) is 0 Å². The summed E-state index contributed by atoms with van der Waals surface area (Å²) in [5.41, 5.74) is 0. The summed E-state index contributed by atoms with van der Waals surface area (Å²) in [6, 6.07) is 0.763. The highest BCUT2D eigenvalue weighted by atomic mass is 16.5. The Labute approximate surface area is 99.9 Å². The van der Waals surface area contributed by atoms with Crippen LogP contribution in [0.5, 0.6) is 0 Å². The first-order chi connectivity index (χ1) is 7.74. The van der Waals surface area contributed by atoms with Crippen LogP contribution in [0.3, 0.4) is 0 Å². The molecule has 0 spiro atoms. The van der Waals surface area contributed by atoms with Crippen molar-refractivity contribution in [1.82, 2.24) is 15.1 Å². The lowest BCUT2D eigenvalue weighted by molar-refractivity contribution is 0.189. The van der Waals surface area contributed by atoms with E-state index in [4.69, 9.17) is 4.74 Å². The lowest BCUT2D eigenvalue weighted by Gasteiger charge is -2.27. The predicted molar refractivity (Wildman–Crippen MR) is 67.9 cm³/mol. The van der Waals surface area contributed by atoms with Gasteiger partial charge in [0, 0.05) is 39.3 Å². The van der Waals surface area contributed by atoms with E-state index in [0.717, 1.165) is 25.7 Å². The van der Waals surface area contributed by atoms with Gasteiger partial charge >= 0.3 is 0 Å². The maximum atomic E-state index is 5.00. The molecule has 1 unspecified atom stereocenters. The van der Waals surface area contributed by atoms with Crippen molar-refractivity contribution in [3.63, 3.8) is 0 Å². The van der Waals surface area contributed by atoms with E-state index in [1.807, 2.05) is 0 Å². The van der Waals surface area contributed by atoms with Gasteiger partial charge in [0.25, 0.3) is 0 Å². The zero-order valence-corrected chi connectivity index (χ0v) is 11.0. The van der Waals surface area contributed by atoms with E-state index in [1.165, 1.54) is 32.5 Å². The number of nitrogens with one attached hydrogen (secondary N) is 1. The molecule has 1 rings (SSSR count). The SMILES string of the molecule is COCCNCCN1CCCC1CN(C)C. The smallest absolute Gasteiger partial charge is 0.0587 e. The molecule has 1 heterocycles. The van der Waals surface area contributed by atoms with Gasteiger partial charge in [0.1, 0.15) is 0 Å². The molecule has 1 N–H and O–H groups in total. The van der Waals surface area contributed by atoms with Gasteiger partial charge < -0.3 is 15.0 Å². The number of likely N-dealkylation sites (N-methyl/N-ethyl adjacent to an activating group) is 1. The third kappa shape index (κ3) is 5.25. The maximum Gasteiger partial charge on any atom is 0.0587 e. The van der Waals surface area contributed by atoms with E-state index in [9.17, 15) is 0 Å². The zero-order chi connectivity index (χ0) is 11.8. The Morgan fingerprint density at radius 1 is 1.38 bits per heavy atom. The first kappa shape index (κ1) is 13.9. The van der Waals surface area contributed by atoms with Crippen LogP contribution in [0.2, 0.25) is 0 Å². The van der Waals surface area contributed by atoms with E-state index in [-0.39, 0.29) is 0 Å². The molecule has 4 nitrogen and oxygen atoms in total. The summed E-state index contributed by atoms with van der Waals surface area (Å²) in [5, 5.41) is 3.41. The number of hydrogen-bond donors (Lipinski definition) is 1. The molecule has 1 atom stereocenters. The summed E-state index contributed by atoms with van der Waals surface area (Å²) < 4.78 is 5.00. The van der Waals surface area contributed by atoms with Crippen molar-refractivity contribution in [1.29, 1.82) is 0 Å². The summed E-state index contributed by atoms with van der Waals surface area (Å²) in [7, 11) is 6.07. The molecule has 96 valence electrons. The lowest BCUT2D eigenvalue weighted by Crippen LogP contribution is -2.41. The van der Waals surface area contributed by atoms with Crippen LogP contribution in [-0.4, -0.2) is 76.4 Å². The van der Waals surface area contributed by atoms with Gasteiger partial charge in [-0.1, -0.05) is 0 Å². The molecule has 1 saturated heterocycles. The average Bonchev–Trinajstić information content (AvgIpc) is 2.64. The summed E-state index contributed by atoms with van der Waals surface area (Å²) in [5.74, 6) is 0.